The minimum Gasteiger partial charge on any atom is -0.345 e. The van der Waals surface area contributed by atoms with Gasteiger partial charge in [0.2, 0.25) is 0 Å². The Balaban J connectivity index is 2.72. The van der Waals surface area contributed by atoms with Crippen molar-refractivity contribution in [1.29, 1.82) is 0 Å². The van der Waals surface area contributed by atoms with Crippen LogP contribution in [0.3, 0.4) is 0 Å². The van der Waals surface area contributed by atoms with E-state index in [1.807, 2.05) is 6.92 Å². The fraction of sp³-hybridized carbons (Fsp3) is 0.500. The van der Waals surface area contributed by atoms with E-state index in [0.29, 0.717) is 0 Å². The number of hydrogen-bond donors (Lipinski definition) is 2. The summed E-state index contributed by atoms with van der Waals surface area (Å²) in [6.07, 6.45) is 0. The van der Waals surface area contributed by atoms with Crippen LogP contribution < -0.4 is 11.2 Å². The Morgan fingerprint density at radius 1 is 1.88 bits per heavy atom. The molecule has 0 radical (unpaired) electrons. The molecule has 4 N–H and O–H groups in total. The zero-order chi connectivity index (χ0) is 6.15. The first-order valence-corrected chi connectivity index (χ1v) is 2.80. The fourth-order valence-electron chi connectivity index (χ4n) is 0.489. The quantitative estimate of drug-likeness (QED) is 0.409. The molecule has 44 valence electrons. The molecule has 0 amide bonds. The number of nitrogens with one attached hydrogen (secondary N) is 1. The van der Waals surface area contributed by atoms with E-state index in [9.17, 15) is 0 Å². The van der Waals surface area contributed by atoms with Gasteiger partial charge in [0.05, 0.1) is 5.71 Å². The van der Waals surface area contributed by atoms with Crippen LogP contribution in [0.15, 0.2) is 5.10 Å². The SMILES string of the molecule is CC1=NNC(=S)[C@@H]1[NH3+]. The average molecular weight is 130 g/mol. The maximum atomic E-state index is 4.83. The van der Waals surface area contributed by atoms with Gasteiger partial charge in [-0.15, -0.1) is 0 Å². The molecule has 0 aliphatic carbocycles. The van der Waals surface area contributed by atoms with Gasteiger partial charge < -0.3 is 5.73 Å². The average Bonchev–Trinajstić information content (AvgIpc) is 1.98. The Hall–Kier alpha value is -0.480. The van der Waals surface area contributed by atoms with Crippen LogP contribution in [0.2, 0.25) is 0 Å². The smallest absolute Gasteiger partial charge is 0.177 e. The summed E-state index contributed by atoms with van der Waals surface area (Å²) in [4.78, 5) is 0.725. The van der Waals surface area contributed by atoms with Gasteiger partial charge in [0.25, 0.3) is 0 Å². The molecule has 0 fully saturated rings. The van der Waals surface area contributed by atoms with Crippen LogP contribution >= 0.6 is 12.2 Å². The zero-order valence-corrected chi connectivity index (χ0v) is 5.46. The molecule has 0 aromatic heterocycles. The van der Waals surface area contributed by atoms with Gasteiger partial charge in [-0.05, 0) is 6.92 Å². The van der Waals surface area contributed by atoms with Crippen molar-refractivity contribution in [3.8, 4) is 0 Å². The summed E-state index contributed by atoms with van der Waals surface area (Å²) in [7, 11) is 0. The molecule has 1 aliphatic heterocycles. The van der Waals surface area contributed by atoms with Gasteiger partial charge in [-0.3, -0.25) is 5.43 Å². The van der Waals surface area contributed by atoms with E-state index in [4.69, 9.17) is 12.2 Å². The minimum atomic E-state index is 0.102. The number of quaternary nitrogens is 1. The molecule has 4 heteroatoms. The largest absolute Gasteiger partial charge is 0.345 e. The van der Waals surface area contributed by atoms with Crippen molar-refractivity contribution in [3.05, 3.63) is 0 Å². The van der Waals surface area contributed by atoms with E-state index in [-0.39, 0.29) is 6.04 Å². The highest BCUT2D eigenvalue weighted by atomic mass is 32.1. The molecular weight excluding hydrogens is 122 g/mol. The number of hydrazone groups is 1. The molecule has 0 unspecified atom stereocenters. The molecule has 1 aliphatic rings. The molecule has 0 saturated heterocycles. The second-order valence-electron chi connectivity index (χ2n) is 1.78. The Bertz CT molecular complexity index is 151. The van der Waals surface area contributed by atoms with Crippen LogP contribution in [0, 0.1) is 0 Å². The summed E-state index contributed by atoms with van der Waals surface area (Å²) in [5.41, 5.74) is 7.41. The second kappa shape index (κ2) is 1.80. The van der Waals surface area contributed by atoms with Gasteiger partial charge in [-0.2, -0.15) is 5.10 Å². The van der Waals surface area contributed by atoms with Crippen molar-refractivity contribution in [2.45, 2.75) is 13.0 Å². The van der Waals surface area contributed by atoms with E-state index in [2.05, 4.69) is 16.3 Å². The molecule has 0 spiro atoms. The molecule has 1 atom stereocenters. The Labute approximate surface area is 52.9 Å². The number of nitrogens with zero attached hydrogens (tertiary/aromatic N) is 1. The Morgan fingerprint density at radius 3 is 2.62 bits per heavy atom. The predicted molar refractivity (Wildman–Crippen MR) is 35.5 cm³/mol. The number of rotatable bonds is 0. The van der Waals surface area contributed by atoms with Crippen molar-refractivity contribution in [1.82, 2.24) is 5.43 Å². The Morgan fingerprint density at radius 2 is 2.50 bits per heavy atom. The maximum absolute atomic E-state index is 4.83. The lowest BCUT2D eigenvalue weighted by molar-refractivity contribution is -0.370. The van der Waals surface area contributed by atoms with Crippen LogP contribution in [-0.4, -0.2) is 16.7 Å². The van der Waals surface area contributed by atoms with Gasteiger partial charge in [-0.25, -0.2) is 0 Å². The third kappa shape index (κ3) is 0.719. The molecule has 0 bridgehead atoms. The summed E-state index contributed by atoms with van der Waals surface area (Å²) in [6, 6.07) is 0.102. The van der Waals surface area contributed by atoms with E-state index >= 15 is 0 Å². The van der Waals surface area contributed by atoms with Gasteiger partial charge in [0.15, 0.2) is 11.0 Å². The van der Waals surface area contributed by atoms with Crippen LogP contribution in [0.1, 0.15) is 6.92 Å². The van der Waals surface area contributed by atoms with Crippen LogP contribution in [0.4, 0.5) is 0 Å². The van der Waals surface area contributed by atoms with Gasteiger partial charge >= 0.3 is 0 Å². The van der Waals surface area contributed by atoms with Crippen molar-refractivity contribution in [2.75, 3.05) is 0 Å². The topological polar surface area (TPSA) is 52.0 Å². The molecule has 1 rings (SSSR count). The van der Waals surface area contributed by atoms with E-state index in [1.54, 1.807) is 0 Å². The summed E-state index contributed by atoms with van der Waals surface area (Å²) in [5, 5.41) is 3.86. The lowest BCUT2D eigenvalue weighted by Gasteiger charge is -1.93. The number of thiocarbonyl (C=S) groups is 1. The highest BCUT2D eigenvalue weighted by molar-refractivity contribution is 7.80. The predicted octanol–water partition coefficient (Wildman–Crippen LogP) is -1.10. The van der Waals surface area contributed by atoms with Gasteiger partial charge in [-0.1, -0.05) is 12.2 Å². The van der Waals surface area contributed by atoms with Crippen molar-refractivity contribution in [3.63, 3.8) is 0 Å². The molecular formula is C4H8N3S+. The van der Waals surface area contributed by atoms with Crippen LogP contribution in [0.5, 0.6) is 0 Å². The molecule has 3 nitrogen and oxygen atoms in total. The summed E-state index contributed by atoms with van der Waals surface area (Å²) >= 11 is 4.83. The monoisotopic (exact) mass is 130 g/mol. The standard InChI is InChI=1S/C4H7N3S/c1-2-3(5)4(8)7-6-2/h3H,5H2,1H3,(H,7,8)/p+1/t3-/m1/s1. The third-order valence-electron chi connectivity index (χ3n) is 1.16. The van der Waals surface area contributed by atoms with Crippen LogP contribution in [0.25, 0.3) is 0 Å². The Kier molecular flexibility index (Phi) is 1.27. The van der Waals surface area contributed by atoms with Crippen LogP contribution in [-0.2, 0) is 0 Å². The van der Waals surface area contributed by atoms with Gasteiger partial charge in [0, 0.05) is 0 Å². The third-order valence-corrected chi connectivity index (χ3v) is 1.54. The first kappa shape index (κ1) is 5.65. The maximum Gasteiger partial charge on any atom is 0.177 e. The first-order valence-electron chi connectivity index (χ1n) is 2.39. The molecule has 0 aromatic carbocycles. The summed E-state index contributed by atoms with van der Waals surface area (Å²) in [6.45, 7) is 1.91. The van der Waals surface area contributed by atoms with Gasteiger partial charge in [0.1, 0.15) is 0 Å². The lowest BCUT2D eigenvalue weighted by Crippen LogP contribution is -2.67. The molecule has 0 saturated carbocycles. The fourth-order valence-corrected chi connectivity index (χ4v) is 0.705. The highest BCUT2D eigenvalue weighted by Gasteiger charge is 2.21. The van der Waals surface area contributed by atoms with E-state index in [0.717, 1.165) is 10.7 Å². The first-order chi connectivity index (χ1) is 3.72. The lowest BCUT2D eigenvalue weighted by atomic mass is 10.2. The summed E-state index contributed by atoms with van der Waals surface area (Å²) < 4.78 is 0. The molecule has 8 heavy (non-hydrogen) atoms. The number of hydrogen-bond acceptors (Lipinski definition) is 2. The minimum absolute atomic E-state index is 0.102. The van der Waals surface area contributed by atoms with Crippen molar-refractivity contribution in [2.24, 2.45) is 5.10 Å². The van der Waals surface area contributed by atoms with Crippen molar-refractivity contribution >= 4 is 22.9 Å². The zero-order valence-electron chi connectivity index (χ0n) is 4.64. The second-order valence-corrected chi connectivity index (χ2v) is 2.22. The van der Waals surface area contributed by atoms with E-state index < -0.39 is 0 Å². The van der Waals surface area contributed by atoms with E-state index in [1.165, 1.54) is 0 Å². The molecule has 0 aromatic rings. The molecule has 1 heterocycles. The highest BCUT2D eigenvalue weighted by Crippen LogP contribution is 1.91. The normalized spacial score (nSPS) is 27.5. The van der Waals surface area contributed by atoms with Crippen molar-refractivity contribution < 1.29 is 5.73 Å². The summed E-state index contributed by atoms with van der Waals surface area (Å²) in [5.74, 6) is 0.